The van der Waals surface area contributed by atoms with Crippen LogP contribution >= 0.6 is 0 Å². The van der Waals surface area contributed by atoms with E-state index in [1.807, 2.05) is 0 Å². The van der Waals surface area contributed by atoms with Crippen LogP contribution in [-0.2, 0) is 19.1 Å². The molecule has 0 heterocycles. The third-order valence-corrected chi connectivity index (χ3v) is 13.8. The maximum absolute atomic E-state index is 12.3. The molecule has 5 nitrogen and oxygen atoms in total. The molecule has 80 heavy (non-hydrogen) atoms. The fraction of sp³-hybridized carbons (Fsp3) is 0.627. The summed E-state index contributed by atoms with van der Waals surface area (Å²) in [7, 11) is 0. The van der Waals surface area contributed by atoms with Gasteiger partial charge in [0.1, 0.15) is 6.61 Å². The summed E-state index contributed by atoms with van der Waals surface area (Å²) in [6, 6.07) is 0. The van der Waals surface area contributed by atoms with Gasteiger partial charge >= 0.3 is 11.9 Å². The minimum Gasteiger partial charge on any atom is -0.462 e. The van der Waals surface area contributed by atoms with Gasteiger partial charge in [-0.2, -0.15) is 0 Å². The summed E-state index contributed by atoms with van der Waals surface area (Å²) < 4.78 is 10.7. The Bertz CT molecular complexity index is 1730. The minimum atomic E-state index is -0.790. The Morgan fingerprint density at radius 3 is 0.812 bits per heavy atom. The number of rotatable bonds is 59. The molecule has 0 radical (unpaired) electrons. The zero-order valence-corrected chi connectivity index (χ0v) is 51.8. The number of esters is 2. The highest BCUT2D eigenvalue weighted by atomic mass is 16.6. The maximum Gasteiger partial charge on any atom is 0.306 e. The van der Waals surface area contributed by atoms with Crippen molar-refractivity contribution in [3.8, 4) is 0 Å². The normalized spacial score (nSPS) is 13.3. The Balaban J connectivity index is 3.60. The Hall–Kier alpha value is -4.48. The van der Waals surface area contributed by atoms with E-state index in [1.165, 1.54) is 135 Å². The van der Waals surface area contributed by atoms with Crippen LogP contribution in [0.4, 0.5) is 0 Å². The summed E-state index contributed by atoms with van der Waals surface area (Å²) >= 11 is 0. The third kappa shape index (κ3) is 66.0. The van der Waals surface area contributed by atoms with Crippen molar-refractivity contribution in [2.24, 2.45) is 0 Å². The van der Waals surface area contributed by atoms with Crippen molar-refractivity contribution in [2.75, 3.05) is 13.2 Å². The second kappa shape index (κ2) is 68.8. The lowest BCUT2D eigenvalue weighted by Crippen LogP contribution is -2.28. The van der Waals surface area contributed by atoms with Gasteiger partial charge in [-0.3, -0.25) is 9.59 Å². The van der Waals surface area contributed by atoms with Crippen molar-refractivity contribution in [3.05, 3.63) is 158 Å². The predicted molar refractivity (Wildman–Crippen MR) is 352 cm³/mol. The monoisotopic (exact) mass is 1100 g/mol. The quantitative estimate of drug-likeness (QED) is 0.0373. The summed E-state index contributed by atoms with van der Waals surface area (Å²) in [4.78, 5) is 24.6. The molecule has 0 spiro atoms. The third-order valence-electron chi connectivity index (χ3n) is 13.8. The Kier molecular flexibility index (Phi) is 64.9. The van der Waals surface area contributed by atoms with Crippen LogP contribution in [0.3, 0.4) is 0 Å². The average Bonchev–Trinajstić information content (AvgIpc) is 3.46. The SMILES string of the molecule is CC/C=C\C/C=C\C/C=C\C/C=C\C/C=C\C/C=C\C/C=C\C/C=C\C/C=C\C/C=C\C/C=C\CCCCCCCCCC(=O)OC(CO)COC(=O)CCCCCCCCCCCCCCC/C=C\C/C=C\CCCCCCC. The molecule has 0 saturated carbocycles. The summed E-state index contributed by atoms with van der Waals surface area (Å²) in [6.07, 6.45) is 105. The van der Waals surface area contributed by atoms with E-state index in [4.69, 9.17) is 9.47 Å². The Labute approximate surface area is 494 Å². The minimum absolute atomic E-state index is 0.0782. The highest BCUT2D eigenvalue weighted by Gasteiger charge is 2.16. The summed E-state index contributed by atoms with van der Waals surface area (Å²) in [6.45, 7) is 4.02. The van der Waals surface area contributed by atoms with Gasteiger partial charge in [-0.25, -0.2) is 0 Å². The van der Waals surface area contributed by atoms with Crippen LogP contribution in [0.15, 0.2) is 158 Å². The molecule has 0 aromatic heterocycles. The highest BCUT2D eigenvalue weighted by Crippen LogP contribution is 2.15. The lowest BCUT2D eigenvalue weighted by atomic mass is 10.0. The highest BCUT2D eigenvalue weighted by molar-refractivity contribution is 5.70. The number of hydrogen-bond acceptors (Lipinski definition) is 5. The van der Waals surface area contributed by atoms with Crippen LogP contribution in [-0.4, -0.2) is 36.4 Å². The van der Waals surface area contributed by atoms with Crippen molar-refractivity contribution in [2.45, 2.75) is 290 Å². The van der Waals surface area contributed by atoms with Gasteiger partial charge in [0, 0.05) is 12.8 Å². The van der Waals surface area contributed by atoms with Crippen molar-refractivity contribution >= 4 is 11.9 Å². The summed E-state index contributed by atoms with van der Waals surface area (Å²) in [5, 5.41) is 9.69. The molecule has 1 unspecified atom stereocenters. The van der Waals surface area contributed by atoms with Crippen LogP contribution in [0.1, 0.15) is 284 Å². The first-order valence-electron chi connectivity index (χ1n) is 33.0. The zero-order chi connectivity index (χ0) is 57.6. The van der Waals surface area contributed by atoms with E-state index in [2.05, 4.69) is 172 Å². The molecule has 0 aromatic rings. The standard InChI is InChI=1S/C75H122O5/c1-3-5-7-9-11-13-15-17-19-21-23-25-27-29-30-31-32-33-34-35-36-37-38-39-40-41-42-43-44-46-48-50-52-54-56-58-60-62-64-66-68-70-75(78)80-73(71-76)72-79-74(77)69-67-65-63-61-59-57-55-53-51-49-47-45-28-26-24-22-20-18-16-14-12-10-8-6-4-2/h5,7,11,13,16-19,22-25,29-30,32-33,35-36,38-39,41-42,44,46,50,52,73,76H,3-4,6,8-10,12,14-15,20-21,26-28,31,34,37,40,43,45,47-49,51,53-72H2,1-2H3/b7-5-,13-11-,18-16-,19-17-,24-22-,25-23-,30-29-,33-32-,36-35-,39-38-,42-41-,46-44-,52-50-. The van der Waals surface area contributed by atoms with E-state index in [9.17, 15) is 14.7 Å². The second-order valence-electron chi connectivity index (χ2n) is 21.5. The number of unbranched alkanes of at least 4 members (excludes halogenated alkanes) is 25. The van der Waals surface area contributed by atoms with E-state index in [1.54, 1.807) is 0 Å². The van der Waals surface area contributed by atoms with Crippen LogP contribution in [0, 0.1) is 0 Å². The van der Waals surface area contributed by atoms with E-state index >= 15 is 0 Å². The molecular weight excluding hydrogens is 981 g/mol. The van der Waals surface area contributed by atoms with Gasteiger partial charge in [0.2, 0.25) is 0 Å². The molecule has 0 rings (SSSR count). The van der Waals surface area contributed by atoms with Crippen molar-refractivity contribution in [3.63, 3.8) is 0 Å². The van der Waals surface area contributed by atoms with Crippen LogP contribution in [0.5, 0.6) is 0 Å². The molecule has 5 heteroatoms. The van der Waals surface area contributed by atoms with Gasteiger partial charge < -0.3 is 14.6 Å². The largest absolute Gasteiger partial charge is 0.462 e. The fourth-order valence-electron chi connectivity index (χ4n) is 8.89. The van der Waals surface area contributed by atoms with Gasteiger partial charge in [-0.1, -0.05) is 300 Å². The first-order chi connectivity index (χ1) is 39.6. The number of carbonyl (C=O) groups is 2. The number of allylic oxidation sites excluding steroid dienone is 26. The smallest absolute Gasteiger partial charge is 0.306 e. The van der Waals surface area contributed by atoms with Crippen molar-refractivity contribution in [1.29, 1.82) is 0 Å². The van der Waals surface area contributed by atoms with E-state index in [0.717, 1.165) is 122 Å². The van der Waals surface area contributed by atoms with Crippen LogP contribution in [0.25, 0.3) is 0 Å². The molecule has 1 N–H and O–H groups in total. The van der Waals surface area contributed by atoms with E-state index in [-0.39, 0.29) is 25.2 Å². The summed E-state index contributed by atoms with van der Waals surface area (Å²) in [5.74, 6) is -0.607. The average molecular weight is 1100 g/mol. The van der Waals surface area contributed by atoms with Gasteiger partial charge in [-0.05, 0) is 128 Å². The molecule has 0 aliphatic rings. The van der Waals surface area contributed by atoms with Crippen LogP contribution in [0.2, 0.25) is 0 Å². The molecule has 0 fully saturated rings. The number of aliphatic hydroxyl groups excluding tert-OH is 1. The fourth-order valence-corrected chi connectivity index (χ4v) is 8.89. The van der Waals surface area contributed by atoms with Gasteiger partial charge in [0.25, 0.3) is 0 Å². The van der Waals surface area contributed by atoms with Crippen molar-refractivity contribution < 1.29 is 24.2 Å². The zero-order valence-electron chi connectivity index (χ0n) is 51.8. The molecule has 0 aliphatic carbocycles. The molecule has 0 aromatic carbocycles. The number of hydrogen-bond donors (Lipinski definition) is 1. The first-order valence-corrected chi connectivity index (χ1v) is 33.0. The lowest BCUT2D eigenvalue weighted by Gasteiger charge is -2.15. The summed E-state index contributed by atoms with van der Waals surface area (Å²) in [5.41, 5.74) is 0. The molecule has 0 saturated heterocycles. The Morgan fingerprint density at radius 1 is 0.300 bits per heavy atom. The van der Waals surface area contributed by atoms with Crippen LogP contribution < -0.4 is 0 Å². The van der Waals surface area contributed by atoms with Crippen molar-refractivity contribution in [1.82, 2.24) is 0 Å². The van der Waals surface area contributed by atoms with Gasteiger partial charge in [0.15, 0.2) is 6.10 Å². The number of ether oxygens (including phenoxy) is 2. The van der Waals surface area contributed by atoms with E-state index < -0.39 is 6.10 Å². The molecule has 0 aliphatic heterocycles. The predicted octanol–water partition coefficient (Wildman–Crippen LogP) is 23.1. The molecule has 0 amide bonds. The van der Waals surface area contributed by atoms with E-state index in [0.29, 0.717) is 12.8 Å². The molecule has 452 valence electrons. The first kappa shape index (κ1) is 75.5. The maximum atomic E-state index is 12.3. The molecular formula is C75H122O5. The Morgan fingerprint density at radius 2 is 0.537 bits per heavy atom. The lowest BCUT2D eigenvalue weighted by molar-refractivity contribution is -0.161. The number of carbonyl (C=O) groups excluding carboxylic acids is 2. The second-order valence-corrected chi connectivity index (χ2v) is 21.5. The number of aliphatic hydroxyl groups is 1. The molecule has 1 atom stereocenters. The molecule has 0 bridgehead atoms. The van der Waals surface area contributed by atoms with Gasteiger partial charge in [0.05, 0.1) is 6.61 Å². The van der Waals surface area contributed by atoms with Gasteiger partial charge in [-0.15, -0.1) is 0 Å². The topological polar surface area (TPSA) is 72.8 Å².